The maximum absolute atomic E-state index is 9.60. The predicted molar refractivity (Wildman–Crippen MR) is 71.5 cm³/mol. The fraction of sp³-hybridized carbons (Fsp3) is 0.0714. The Labute approximate surface area is 105 Å². The number of para-hydroxylation sites is 1. The predicted octanol–water partition coefficient (Wildman–Crippen LogP) is 4.10. The lowest BCUT2D eigenvalue weighted by atomic mass is 10.2. The molecule has 2 aromatic rings. The molecule has 3 heteroatoms. The molecule has 0 aliphatic heterocycles. The molecule has 0 saturated carbocycles. The fourth-order valence-electron chi connectivity index (χ4n) is 1.47. The highest BCUT2D eigenvalue weighted by molar-refractivity contribution is 6.31. The lowest BCUT2D eigenvalue weighted by molar-refractivity contribution is 0.474. The molecule has 17 heavy (non-hydrogen) atoms. The second-order valence-electron chi connectivity index (χ2n) is 3.70. The van der Waals surface area contributed by atoms with Gasteiger partial charge in [0.2, 0.25) is 0 Å². The van der Waals surface area contributed by atoms with Crippen LogP contribution in [0.4, 0.5) is 5.69 Å². The van der Waals surface area contributed by atoms with E-state index in [1.54, 1.807) is 24.4 Å². The minimum atomic E-state index is 0.218. The van der Waals surface area contributed by atoms with Gasteiger partial charge in [-0.05, 0) is 36.8 Å². The Morgan fingerprint density at radius 3 is 2.65 bits per heavy atom. The third-order valence-electron chi connectivity index (χ3n) is 2.52. The number of benzene rings is 2. The maximum atomic E-state index is 9.60. The van der Waals surface area contributed by atoms with Crippen molar-refractivity contribution in [3.8, 4) is 5.75 Å². The summed E-state index contributed by atoms with van der Waals surface area (Å²) in [5, 5.41) is 10.3. The molecule has 0 heterocycles. The first kappa shape index (κ1) is 11.7. The number of hydrogen-bond donors (Lipinski definition) is 1. The molecule has 1 N–H and O–H groups in total. The Morgan fingerprint density at radius 1 is 1.12 bits per heavy atom. The Bertz CT molecular complexity index is 564. The van der Waals surface area contributed by atoms with Crippen LogP contribution in [0.1, 0.15) is 11.1 Å². The largest absolute Gasteiger partial charge is 0.507 e. The minimum Gasteiger partial charge on any atom is -0.507 e. The number of rotatable bonds is 2. The van der Waals surface area contributed by atoms with Crippen LogP contribution in [0.3, 0.4) is 0 Å². The summed E-state index contributed by atoms with van der Waals surface area (Å²) in [6.45, 7) is 1.92. The molecule has 86 valence electrons. The Hall–Kier alpha value is -1.80. The van der Waals surface area contributed by atoms with Crippen molar-refractivity contribution in [3.05, 3.63) is 58.6 Å². The molecule has 2 nitrogen and oxygen atoms in total. The summed E-state index contributed by atoms with van der Waals surface area (Å²) in [7, 11) is 0. The first-order chi connectivity index (χ1) is 8.18. The summed E-state index contributed by atoms with van der Waals surface area (Å²) in [6.07, 6.45) is 1.63. The number of nitrogens with zero attached hydrogens (tertiary/aromatic N) is 1. The molecule has 0 radical (unpaired) electrons. The van der Waals surface area contributed by atoms with Crippen LogP contribution in [0, 0.1) is 6.92 Å². The summed E-state index contributed by atoms with van der Waals surface area (Å²) in [4.78, 5) is 4.33. The van der Waals surface area contributed by atoms with Gasteiger partial charge >= 0.3 is 0 Å². The van der Waals surface area contributed by atoms with Gasteiger partial charge in [0.15, 0.2) is 0 Å². The molecule has 0 atom stereocenters. The highest BCUT2D eigenvalue weighted by atomic mass is 35.5. The third-order valence-corrected chi connectivity index (χ3v) is 2.93. The van der Waals surface area contributed by atoms with E-state index in [1.807, 2.05) is 31.2 Å². The lowest BCUT2D eigenvalue weighted by Crippen LogP contribution is -1.82. The molecule has 0 spiro atoms. The number of phenols is 1. The number of phenolic OH excluding ortho intramolecular Hbond substituents is 1. The van der Waals surface area contributed by atoms with E-state index in [0.29, 0.717) is 10.6 Å². The van der Waals surface area contributed by atoms with Crippen LogP contribution in [0.15, 0.2) is 47.5 Å². The Morgan fingerprint density at radius 2 is 1.88 bits per heavy atom. The van der Waals surface area contributed by atoms with Gasteiger partial charge in [-0.25, -0.2) is 0 Å². The van der Waals surface area contributed by atoms with Crippen LogP contribution in [0.25, 0.3) is 0 Å². The molecule has 0 bridgehead atoms. The first-order valence-corrected chi connectivity index (χ1v) is 5.63. The van der Waals surface area contributed by atoms with Gasteiger partial charge in [0, 0.05) is 16.8 Å². The molecule has 2 rings (SSSR count). The monoisotopic (exact) mass is 245 g/mol. The molecule has 0 amide bonds. The molecule has 0 aliphatic carbocycles. The van der Waals surface area contributed by atoms with Crippen molar-refractivity contribution in [1.29, 1.82) is 0 Å². The highest BCUT2D eigenvalue weighted by Crippen LogP contribution is 2.25. The summed E-state index contributed by atoms with van der Waals surface area (Å²) >= 11 is 6.00. The molecule has 0 fully saturated rings. The average molecular weight is 246 g/mol. The molecule has 0 unspecified atom stereocenters. The normalized spacial score (nSPS) is 10.9. The van der Waals surface area contributed by atoms with Crippen molar-refractivity contribution < 1.29 is 5.11 Å². The number of aliphatic imine (C=N–C) groups is 1. The summed E-state index contributed by atoms with van der Waals surface area (Å²) in [5.41, 5.74) is 2.42. The average Bonchev–Trinajstić information content (AvgIpc) is 2.33. The molecule has 2 aromatic carbocycles. The van der Waals surface area contributed by atoms with Crippen LogP contribution >= 0.6 is 11.6 Å². The zero-order valence-corrected chi connectivity index (χ0v) is 10.1. The topological polar surface area (TPSA) is 32.6 Å². The van der Waals surface area contributed by atoms with Crippen LogP contribution in [-0.4, -0.2) is 11.3 Å². The van der Waals surface area contributed by atoms with Crippen LogP contribution in [0.2, 0.25) is 5.02 Å². The van der Waals surface area contributed by atoms with Gasteiger partial charge in [0.05, 0.1) is 5.69 Å². The second kappa shape index (κ2) is 5.02. The van der Waals surface area contributed by atoms with E-state index in [1.165, 1.54) is 0 Å². The van der Waals surface area contributed by atoms with E-state index in [-0.39, 0.29) is 5.75 Å². The van der Waals surface area contributed by atoms with Crippen molar-refractivity contribution in [1.82, 2.24) is 0 Å². The first-order valence-electron chi connectivity index (χ1n) is 5.25. The van der Waals surface area contributed by atoms with Crippen molar-refractivity contribution >= 4 is 23.5 Å². The minimum absolute atomic E-state index is 0.218. The Kier molecular flexibility index (Phi) is 3.45. The Balaban J connectivity index is 2.33. The van der Waals surface area contributed by atoms with Gasteiger partial charge < -0.3 is 5.11 Å². The number of halogens is 1. The van der Waals surface area contributed by atoms with Crippen LogP contribution in [0.5, 0.6) is 5.75 Å². The quantitative estimate of drug-likeness (QED) is 0.794. The van der Waals surface area contributed by atoms with E-state index in [4.69, 9.17) is 11.6 Å². The maximum Gasteiger partial charge on any atom is 0.124 e. The van der Waals surface area contributed by atoms with Gasteiger partial charge in [0.25, 0.3) is 0 Å². The fourth-order valence-corrected chi connectivity index (χ4v) is 1.64. The summed E-state index contributed by atoms with van der Waals surface area (Å²) in [6, 6.07) is 12.6. The van der Waals surface area contributed by atoms with Crippen molar-refractivity contribution in [3.63, 3.8) is 0 Å². The second-order valence-corrected chi connectivity index (χ2v) is 4.11. The van der Waals surface area contributed by atoms with Gasteiger partial charge in [0.1, 0.15) is 5.75 Å². The lowest BCUT2D eigenvalue weighted by Gasteiger charge is -2.02. The van der Waals surface area contributed by atoms with Crippen LogP contribution < -0.4 is 0 Å². The van der Waals surface area contributed by atoms with Crippen molar-refractivity contribution in [2.24, 2.45) is 4.99 Å². The van der Waals surface area contributed by atoms with Gasteiger partial charge in [-0.15, -0.1) is 0 Å². The van der Waals surface area contributed by atoms with Gasteiger partial charge in [-0.3, -0.25) is 4.99 Å². The van der Waals surface area contributed by atoms with E-state index in [0.717, 1.165) is 11.3 Å². The van der Waals surface area contributed by atoms with Crippen LogP contribution in [-0.2, 0) is 0 Å². The molecular weight excluding hydrogens is 234 g/mol. The molecular formula is C14H12ClNO. The van der Waals surface area contributed by atoms with Gasteiger partial charge in [-0.1, -0.05) is 29.8 Å². The van der Waals surface area contributed by atoms with E-state index in [9.17, 15) is 5.11 Å². The van der Waals surface area contributed by atoms with Crippen molar-refractivity contribution in [2.75, 3.05) is 0 Å². The molecule has 0 saturated heterocycles. The summed E-state index contributed by atoms with van der Waals surface area (Å²) in [5.74, 6) is 0.218. The number of aromatic hydroxyl groups is 1. The zero-order valence-electron chi connectivity index (χ0n) is 9.39. The van der Waals surface area contributed by atoms with Crippen molar-refractivity contribution in [2.45, 2.75) is 6.92 Å². The summed E-state index contributed by atoms with van der Waals surface area (Å²) < 4.78 is 0. The van der Waals surface area contributed by atoms with E-state index in [2.05, 4.69) is 4.99 Å². The smallest absolute Gasteiger partial charge is 0.124 e. The standard InChI is InChI=1S/C14H12ClNO/c1-10-12(15)6-4-7-13(10)16-9-11-5-2-3-8-14(11)17/h2-9,17H,1H3/b16-9+. The van der Waals surface area contributed by atoms with E-state index >= 15 is 0 Å². The molecule has 0 aliphatic rings. The van der Waals surface area contributed by atoms with E-state index < -0.39 is 0 Å². The highest BCUT2D eigenvalue weighted by Gasteiger charge is 2.00. The SMILES string of the molecule is Cc1c(Cl)cccc1/N=C/c1ccccc1O. The van der Waals surface area contributed by atoms with Gasteiger partial charge in [-0.2, -0.15) is 0 Å². The molecule has 0 aromatic heterocycles. The third kappa shape index (κ3) is 2.66. The zero-order chi connectivity index (χ0) is 12.3. The number of hydrogen-bond acceptors (Lipinski definition) is 2.